The molecule has 1 aromatic carbocycles. The summed E-state index contributed by atoms with van der Waals surface area (Å²) in [5, 5.41) is 0. The topological polar surface area (TPSA) is 44.8 Å². The lowest BCUT2D eigenvalue weighted by atomic mass is 10.2. The van der Waals surface area contributed by atoms with E-state index >= 15 is 0 Å². The molecule has 0 aromatic heterocycles. The van der Waals surface area contributed by atoms with Crippen molar-refractivity contribution in [2.45, 2.75) is 33.3 Å². The fourth-order valence-corrected chi connectivity index (χ4v) is 1.16. The number of ether oxygens (including phenoxy) is 3. The summed E-state index contributed by atoms with van der Waals surface area (Å²) in [4.78, 5) is 11.4. The quantitative estimate of drug-likeness (QED) is 0.598. The van der Waals surface area contributed by atoms with Gasteiger partial charge in [0, 0.05) is 6.07 Å². The molecule has 0 aliphatic heterocycles. The minimum Gasteiger partial charge on any atom is -0.494 e. The Bertz CT molecular complexity index is 379. The zero-order valence-electron chi connectivity index (χ0n) is 10.6. The molecule has 0 saturated heterocycles. The van der Waals surface area contributed by atoms with Crippen LogP contribution in [0.4, 0.5) is 4.79 Å². The van der Waals surface area contributed by atoms with Crippen LogP contribution in [0.25, 0.3) is 0 Å². The van der Waals surface area contributed by atoms with Gasteiger partial charge in [0.05, 0.1) is 6.61 Å². The molecule has 0 aliphatic rings. The van der Waals surface area contributed by atoms with E-state index < -0.39 is 11.8 Å². The smallest absolute Gasteiger partial charge is 0.494 e. The van der Waals surface area contributed by atoms with Crippen LogP contribution in [-0.4, -0.2) is 18.4 Å². The maximum Gasteiger partial charge on any atom is 0.514 e. The van der Waals surface area contributed by atoms with E-state index in [0.29, 0.717) is 18.1 Å². The summed E-state index contributed by atoms with van der Waals surface area (Å²) >= 11 is 0. The predicted octanol–water partition coefficient (Wildman–Crippen LogP) is 3.40. The van der Waals surface area contributed by atoms with E-state index in [4.69, 9.17) is 14.2 Å². The third-order valence-corrected chi connectivity index (χ3v) is 1.71. The van der Waals surface area contributed by atoms with E-state index in [1.54, 1.807) is 45.0 Å². The lowest BCUT2D eigenvalue weighted by molar-refractivity contribution is 0.0206. The summed E-state index contributed by atoms with van der Waals surface area (Å²) in [5.41, 5.74) is -0.561. The fraction of sp³-hybridized carbons (Fsp3) is 0.462. The molecular formula is C13H18O4. The van der Waals surface area contributed by atoms with Crippen LogP contribution in [0.1, 0.15) is 27.7 Å². The van der Waals surface area contributed by atoms with Crippen molar-refractivity contribution in [3.05, 3.63) is 24.3 Å². The monoisotopic (exact) mass is 238 g/mol. The van der Waals surface area contributed by atoms with Crippen molar-refractivity contribution in [1.29, 1.82) is 0 Å². The Morgan fingerprint density at radius 2 is 1.88 bits per heavy atom. The molecule has 0 heterocycles. The van der Waals surface area contributed by atoms with Gasteiger partial charge in [0.2, 0.25) is 0 Å². The van der Waals surface area contributed by atoms with Gasteiger partial charge in [0.25, 0.3) is 0 Å². The summed E-state index contributed by atoms with van der Waals surface area (Å²) in [5.74, 6) is 1.07. The van der Waals surface area contributed by atoms with Crippen LogP contribution in [0.3, 0.4) is 0 Å². The highest BCUT2D eigenvalue weighted by Crippen LogP contribution is 2.20. The van der Waals surface area contributed by atoms with Crippen molar-refractivity contribution in [3.63, 3.8) is 0 Å². The molecule has 94 valence electrons. The van der Waals surface area contributed by atoms with Crippen LogP contribution < -0.4 is 9.47 Å². The Morgan fingerprint density at radius 1 is 1.24 bits per heavy atom. The molecule has 0 spiro atoms. The molecule has 0 fully saturated rings. The van der Waals surface area contributed by atoms with Gasteiger partial charge in [-0.2, -0.15) is 0 Å². The highest BCUT2D eigenvalue weighted by molar-refractivity contribution is 5.64. The summed E-state index contributed by atoms with van der Waals surface area (Å²) in [6.07, 6.45) is -0.717. The largest absolute Gasteiger partial charge is 0.514 e. The predicted molar refractivity (Wildman–Crippen MR) is 64.5 cm³/mol. The van der Waals surface area contributed by atoms with Gasteiger partial charge in [-0.1, -0.05) is 6.07 Å². The lowest BCUT2D eigenvalue weighted by Crippen LogP contribution is -2.25. The van der Waals surface area contributed by atoms with Crippen molar-refractivity contribution in [1.82, 2.24) is 0 Å². The number of rotatable bonds is 3. The average molecular weight is 238 g/mol. The van der Waals surface area contributed by atoms with E-state index in [2.05, 4.69) is 0 Å². The fourth-order valence-electron chi connectivity index (χ4n) is 1.16. The number of benzene rings is 1. The minimum atomic E-state index is -0.717. The van der Waals surface area contributed by atoms with Gasteiger partial charge in [0.15, 0.2) is 0 Å². The molecule has 0 amide bonds. The van der Waals surface area contributed by atoms with Gasteiger partial charge >= 0.3 is 6.16 Å². The van der Waals surface area contributed by atoms with Crippen LogP contribution >= 0.6 is 0 Å². The molecular weight excluding hydrogens is 220 g/mol. The molecule has 0 unspecified atom stereocenters. The standard InChI is InChI=1S/C13H18O4/c1-5-15-10-7-6-8-11(9-10)16-12(14)17-13(2,3)4/h6-9H,5H2,1-4H3. The highest BCUT2D eigenvalue weighted by Gasteiger charge is 2.18. The van der Waals surface area contributed by atoms with E-state index in [-0.39, 0.29) is 0 Å². The first kappa shape index (κ1) is 13.4. The molecule has 1 rings (SSSR count). The Balaban J connectivity index is 2.62. The third kappa shape index (κ3) is 5.24. The molecule has 1 aromatic rings. The second-order valence-corrected chi connectivity index (χ2v) is 4.47. The molecule has 0 aliphatic carbocycles. The molecule has 4 nitrogen and oxygen atoms in total. The van der Waals surface area contributed by atoms with Crippen LogP contribution in [-0.2, 0) is 4.74 Å². The molecule has 0 bridgehead atoms. The Morgan fingerprint density at radius 3 is 2.47 bits per heavy atom. The second-order valence-electron chi connectivity index (χ2n) is 4.47. The van der Waals surface area contributed by atoms with Gasteiger partial charge < -0.3 is 14.2 Å². The summed E-state index contributed by atoms with van der Waals surface area (Å²) in [7, 11) is 0. The number of hydrogen-bond donors (Lipinski definition) is 0. The van der Waals surface area contributed by atoms with E-state index in [1.807, 2.05) is 6.92 Å². The van der Waals surface area contributed by atoms with E-state index in [1.165, 1.54) is 0 Å². The summed E-state index contributed by atoms with van der Waals surface area (Å²) < 4.78 is 15.4. The number of carbonyl (C=O) groups is 1. The zero-order chi connectivity index (χ0) is 12.9. The lowest BCUT2D eigenvalue weighted by Gasteiger charge is -2.18. The second kappa shape index (κ2) is 5.57. The Labute approximate surface area is 101 Å². The van der Waals surface area contributed by atoms with Crippen molar-refractivity contribution < 1.29 is 19.0 Å². The summed E-state index contributed by atoms with van der Waals surface area (Å²) in [6, 6.07) is 6.87. The number of hydrogen-bond acceptors (Lipinski definition) is 4. The molecule has 0 N–H and O–H groups in total. The third-order valence-electron chi connectivity index (χ3n) is 1.71. The Hall–Kier alpha value is -1.71. The first-order chi connectivity index (χ1) is 7.90. The van der Waals surface area contributed by atoms with Crippen molar-refractivity contribution >= 4 is 6.16 Å². The maximum atomic E-state index is 11.4. The molecule has 0 radical (unpaired) electrons. The molecule has 4 heteroatoms. The first-order valence-corrected chi connectivity index (χ1v) is 5.54. The zero-order valence-corrected chi connectivity index (χ0v) is 10.6. The van der Waals surface area contributed by atoms with Gasteiger partial charge in [0.1, 0.15) is 17.1 Å². The maximum absolute atomic E-state index is 11.4. The summed E-state index contributed by atoms with van der Waals surface area (Å²) in [6.45, 7) is 7.80. The van der Waals surface area contributed by atoms with Crippen molar-refractivity contribution in [3.8, 4) is 11.5 Å². The van der Waals surface area contributed by atoms with Gasteiger partial charge in [-0.3, -0.25) is 0 Å². The SMILES string of the molecule is CCOc1cccc(OC(=O)OC(C)(C)C)c1. The first-order valence-electron chi connectivity index (χ1n) is 5.54. The van der Waals surface area contributed by atoms with E-state index in [0.717, 1.165) is 0 Å². The van der Waals surface area contributed by atoms with Crippen LogP contribution in [0, 0.1) is 0 Å². The molecule has 17 heavy (non-hydrogen) atoms. The molecule has 0 atom stereocenters. The van der Waals surface area contributed by atoms with Crippen LogP contribution in [0.15, 0.2) is 24.3 Å². The average Bonchev–Trinajstić information content (AvgIpc) is 2.15. The highest BCUT2D eigenvalue weighted by atomic mass is 16.7. The van der Waals surface area contributed by atoms with Crippen LogP contribution in [0.2, 0.25) is 0 Å². The van der Waals surface area contributed by atoms with Crippen molar-refractivity contribution in [2.75, 3.05) is 6.61 Å². The molecule has 0 saturated carbocycles. The van der Waals surface area contributed by atoms with Crippen LogP contribution in [0.5, 0.6) is 11.5 Å². The normalized spacial score (nSPS) is 10.8. The van der Waals surface area contributed by atoms with Crippen molar-refractivity contribution in [2.24, 2.45) is 0 Å². The van der Waals surface area contributed by atoms with Gasteiger partial charge in [-0.15, -0.1) is 0 Å². The van der Waals surface area contributed by atoms with E-state index in [9.17, 15) is 4.79 Å². The minimum absolute atomic E-state index is 0.408. The van der Waals surface area contributed by atoms with Gasteiger partial charge in [-0.05, 0) is 39.8 Å². The number of carbonyl (C=O) groups excluding carboxylic acids is 1. The van der Waals surface area contributed by atoms with Gasteiger partial charge in [-0.25, -0.2) is 4.79 Å². The Kier molecular flexibility index (Phi) is 4.37.